The topological polar surface area (TPSA) is 144 Å². The van der Waals surface area contributed by atoms with E-state index in [4.69, 9.17) is 18.9 Å². The van der Waals surface area contributed by atoms with Gasteiger partial charge >= 0.3 is 11.9 Å². The fourth-order valence-electron chi connectivity index (χ4n) is 7.63. The van der Waals surface area contributed by atoms with Gasteiger partial charge in [-0.3, -0.25) is 19.2 Å². The monoisotopic (exact) mass is 739 g/mol. The lowest BCUT2D eigenvalue weighted by molar-refractivity contribution is -0.324. The van der Waals surface area contributed by atoms with Gasteiger partial charge in [-0.05, 0) is 82.4 Å². The number of aryl methyl sites for hydroxylation is 2. The first-order valence-corrected chi connectivity index (χ1v) is 18.4. The minimum atomic E-state index is -1.54. The van der Waals surface area contributed by atoms with Gasteiger partial charge in [-0.15, -0.1) is 0 Å². The number of hydrogen-bond donors (Lipinski definition) is 2. The molecule has 0 aromatic heterocycles. The molecule has 0 radical (unpaired) electrons. The quantitative estimate of drug-likeness (QED) is 0.277. The van der Waals surface area contributed by atoms with Gasteiger partial charge in [0.05, 0.1) is 18.8 Å². The molecule has 0 spiro atoms. The van der Waals surface area contributed by atoms with Gasteiger partial charge in [0.15, 0.2) is 11.7 Å². The molecule has 3 saturated heterocycles. The smallest absolute Gasteiger partial charge is 0.303 e. The number of fused-ring (bicyclic) bond motifs is 2. The van der Waals surface area contributed by atoms with Crippen LogP contribution in [0.15, 0.2) is 42.5 Å². The third-order valence-electron chi connectivity index (χ3n) is 10.6. The van der Waals surface area contributed by atoms with Crippen LogP contribution in [-0.2, 0) is 56.8 Å². The van der Waals surface area contributed by atoms with Crippen LogP contribution in [0.5, 0.6) is 0 Å². The molecule has 53 heavy (non-hydrogen) atoms. The summed E-state index contributed by atoms with van der Waals surface area (Å²) in [6.07, 6.45) is -0.977. The maximum Gasteiger partial charge on any atom is 0.303 e. The number of carbonyl (C=O) groups is 4. The van der Waals surface area contributed by atoms with Crippen LogP contribution in [0, 0.1) is 6.92 Å². The van der Waals surface area contributed by atoms with Crippen LogP contribution >= 0.6 is 0 Å². The molecule has 2 aromatic rings. The Hall–Kier alpha value is -3.91. The first-order chi connectivity index (χ1) is 24.9. The normalized spacial score (nSPS) is 26.8. The number of likely N-dealkylation sites (N-methyl/N-ethyl adjacent to an activating group) is 1. The van der Waals surface area contributed by atoms with Crippen LogP contribution in [0.3, 0.4) is 0 Å². The summed E-state index contributed by atoms with van der Waals surface area (Å²) in [5, 5.41) is 14.1. The molecule has 2 aromatic carbocycles. The van der Waals surface area contributed by atoms with Crippen molar-refractivity contribution in [2.45, 2.75) is 115 Å². The fourth-order valence-corrected chi connectivity index (χ4v) is 7.63. The van der Waals surface area contributed by atoms with Crippen molar-refractivity contribution in [1.29, 1.82) is 0 Å². The number of benzene rings is 2. The van der Waals surface area contributed by atoms with E-state index in [0.717, 1.165) is 22.3 Å². The largest absolute Gasteiger partial charge is 0.459 e. The van der Waals surface area contributed by atoms with Crippen molar-refractivity contribution < 1.29 is 47.6 Å². The highest BCUT2D eigenvalue weighted by Gasteiger charge is 2.70. The van der Waals surface area contributed by atoms with Crippen molar-refractivity contribution in [3.63, 3.8) is 0 Å². The molecule has 290 valence electrons. The van der Waals surface area contributed by atoms with Crippen LogP contribution in [0.4, 0.5) is 4.39 Å². The summed E-state index contributed by atoms with van der Waals surface area (Å²) in [6.45, 7) is 8.68. The number of aliphatic hydroxyl groups is 1. The Kier molecular flexibility index (Phi) is 12.3. The van der Waals surface area contributed by atoms with Gasteiger partial charge in [0, 0.05) is 51.8 Å². The van der Waals surface area contributed by atoms with Crippen LogP contribution in [0.2, 0.25) is 0 Å². The summed E-state index contributed by atoms with van der Waals surface area (Å²) in [5.41, 5.74) is 1.85. The SMILES string of the molecule is CC(=O)O[C@H]1C[C@@H](OC(C)=O)[C@@]2(c3ccc(C)c(Cc4ccc(CCCC(=O)N5C[C@H](F)C[C@H]5C(=O)NCCN(C)C)cc4)c3)OC[C@]1(C(C)(C)O)O2. The molecule has 3 aliphatic rings. The number of likely N-dealkylation sites (tertiary alicyclic amines) is 1. The predicted octanol–water partition coefficient (Wildman–Crippen LogP) is 3.50. The van der Waals surface area contributed by atoms with Crippen molar-refractivity contribution >= 4 is 23.8 Å². The summed E-state index contributed by atoms with van der Waals surface area (Å²) in [5.74, 6) is -3.16. The third kappa shape index (κ3) is 8.91. The Bertz CT molecular complexity index is 1660. The highest BCUT2D eigenvalue weighted by atomic mass is 19.1. The number of esters is 2. The summed E-state index contributed by atoms with van der Waals surface area (Å²) in [6, 6.07) is 13.1. The summed E-state index contributed by atoms with van der Waals surface area (Å²) in [7, 11) is 3.80. The van der Waals surface area contributed by atoms with Crippen LogP contribution in [-0.4, -0.2) is 115 Å². The Morgan fingerprint density at radius 1 is 1.02 bits per heavy atom. The molecule has 3 aliphatic heterocycles. The van der Waals surface area contributed by atoms with Gasteiger partial charge in [0.2, 0.25) is 17.6 Å². The van der Waals surface area contributed by atoms with Crippen LogP contribution < -0.4 is 5.32 Å². The standard InChI is InChI=1S/C40H54FN3O9/c1-25-11-16-31(40-35(52-27(3)46)22-34(51-26(2)45)39(53-40,24-50-40)38(4,5)49)20-30(25)19-29-14-12-28(13-15-29)9-8-10-36(47)44-23-32(41)21-33(44)37(48)42-17-18-43(6)7/h11-16,20,32-35,49H,8-10,17-19,21-24H2,1-7H3,(H,42,48)/t32-,33+,34+,35-,39+,40+/m1/s1. The number of nitrogens with one attached hydrogen (secondary N) is 1. The van der Waals surface area contributed by atoms with Gasteiger partial charge in [0.1, 0.15) is 18.3 Å². The van der Waals surface area contributed by atoms with Crippen LogP contribution in [0.25, 0.3) is 0 Å². The molecule has 0 unspecified atom stereocenters. The number of hydrogen-bond acceptors (Lipinski definition) is 10. The molecule has 5 rings (SSSR count). The van der Waals surface area contributed by atoms with Gasteiger partial charge < -0.3 is 39.2 Å². The average Bonchev–Trinajstić information content (AvgIpc) is 3.65. The number of amides is 2. The highest BCUT2D eigenvalue weighted by Crippen LogP contribution is 2.55. The zero-order valence-electron chi connectivity index (χ0n) is 31.9. The van der Waals surface area contributed by atoms with E-state index in [-0.39, 0.29) is 44.2 Å². The average molecular weight is 740 g/mol. The van der Waals surface area contributed by atoms with Crippen molar-refractivity contribution in [2.75, 3.05) is 40.3 Å². The van der Waals surface area contributed by atoms with E-state index in [2.05, 4.69) is 5.32 Å². The molecule has 0 aliphatic carbocycles. The predicted molar refractivity (Wildman–Crippen MR) is 193 cm³/mol. The molecule has 3 heterocycles. The second-order valence-electron chi connectivity index (χ2n) is 15.4. The maximum atomic E-state index is 14.3. The van der Waals surface area contributed by atoms with Crippen LogP contribution in [0.1, 0.15) is 81.2 Å². The van der Waals surface area contributed by atoms with E-state index in [1.807, 2.05) is 68.4 Å². The number of alkyl halides is 1. The molecular formula is C40H54FN3O9. The number of carbonyl (C=O) groups excluding carboxylic acids is 4. The number of halogens is 1. The summed E-state index contributed by atoms with van der Waals surface area (Å²) in [4.78, 5) is 53.4. The van der Waals surface area contributed by atoms with Gasteiger partial charge in [-0.25, -0.2) is 4.39 Å². The van der Waals surface area contributed by atoms with E-state index in [9.17, 15) is 28.7 Å². The minimum Gasteiger partial charge on any atom is -0.459 e. The zero-order valence-corrected chi connectivity index (χ0v) is 31.9. The molecule has 3 fully saturated rings. The molecule has 0 saturated carbocycles. The number of ether oxygens (including phenoxy) is 4. The van der Waals surface area contributed by atoms with E-state index in [0.29, 0.717) is 37.9 Å². The van der Waals surface area contributed by atoms with E-state index in [1.165, 1.54) is 18.7 Å². The zero-order chi connectivity index (χ0) is 38.7. The summed E-state index contributed by atoms with van der Waals surface area (Å²) < 4.78 is 38.7. The molecule has 2 amide bonds. The lowest BCUT2D eigenvalue weighted by Crippen LogP contribution is -2.66. The molecule has 13 heteroatoms. The lowest BCUT2D eigenvalue weighted by Gasteiger charge is -2.50. The second kappa shape index (κ2) is 16.2. The van der Waals surface area contributed by atoms with Crippen molar-refractivity contribution in [1.82, 2.24) is 15.1 Å². The lowest BCUT2D eigenvalue weighted by atomic mass is 9.76. The Morgan fingerprint density at radius 2 is 1.68 bits per heavy atom. The molecule has 2 N–H and O–H groups in total. The molecule has 12 nitrogen and oxygen atoms in total. The minimum absolute atomic E-state index is 0.0232. The van der Waals surface area contributed by atoms with Crippen molar-refractivity contribution in [2.24, 2.45) is 0 Å². The first kappa shape index (κ1) is 40.3. The fraction of sp³-hybridized carbons (Fsp3) is 0.600. The maximum absolute atomic E-state index is 14.3. The second-order valence-corrected chi connectivity index (χ2v) is 15.4. The Morgan fingerprint density at radius 3 is 2.32 bits per heavy atom. The summed E-state index contributed by atoms with van der Waals surface area (Å²) >= 11 is 0. The van der Waals surface area contributed by atoms with Gasteiger partial charge in [-0.1, -0.05) is 36.4 Å². The van der Waals surface area contributed by atoms with Gasteiger partial charge in [0.25, 0.3) is 0 Å². The van der Waals surface area contributed by atoms with Crippen molar-refractivity contribution in [3.8, 4) is 0 Å². The Balaban J connectivity index is 1.25. The third-order valence-corrected chi connectivity index (χ3v) is 10.6. The Labute approximate surface area is 311 Å². The highest BCUT2D eigenvalue weighted by molar-refractivity contribution is 5.88. The molecule has 2 bridgehead atoms. The number of nitrogens with zero attached hydrogens (tertiary/aromatic N) is 2. The molecular weight excluding hydrogens is 685 g/mol. The van der Waals surface area contributed by atoms with E-state index in [1.54, 1.807) is 13.8 Å². The van der Waals surface area contributed by atoms with Crippen molar-refractivity contribution in [3.05, 3.63) is 70.3 Å². The van der Waals surface area contributed by atoms with E-state index >= 15 is 0 Å². The van der Waals surface area contributed by atoms with E-state index < -0.39 is 53.3 Å². The molecule has 6 atom stereocenters. The first-order valence-electron chi connectivity index (χ1n) is 18.4. The van der Waals surface area contributed by atoms with Gasteiger partial charge in [-0.2, -0.15) is 0 Å². The number of rotatable bonds is 14.